The number of carbonyl (C=O) groups is 1. The topological polar surface area (TPSA) is 85.1 Å². The smallest absolute Gasteiger partial charge is 0.301 e. The highest BCUT2D eigenvalue weighted by Crippen LogP contribution is 2.26. The predicted molar refractivity (Wildman–Crippen MR) is 82.7 cm³/mol. The molecule has 1 heterocycles. The number of amides is 1. The lowest BCUT2D eigenvalue weighted by Gasteiger charge is -2.07. The molecule has 6 nitrogen and oxygen atoms in total. The number of hydrogen-bond donors (Lipinski definition) is 1. The van der Waals surface area contributed by atoms with Crippen molar-refractivity contribution < 1.29 is 9.72 Å². The molecule has 0 atom stereocenters. The third-order valence-electron chi connectivity index (χ3n) is 2.64. The molecule has 0 saturated heterocycles. The van der Waals surface area contributed by atoms with Crippen molar-refractivity contribution in [3.05, 3.63) is 61.2 Å². The van der Waals surface area contributed by atoms with Crippen molar-refractivity contribution in [2.24, 2.45) is 0 Å². The Hall–Kier alpha value is -1.99. The zero-order valence-corrected chi connectivity index (χ0v) is 13.1. The summed E-state index contributed by atoms with van der Waals surface area (Å²) in [5.41, 5.74) is 0.998. The lowest BCUT2D eigenvalue weighted by atomic mass is 10.1. The second-order valence-electron chi connectivity index (χ2n) is 4.20. The third kappa shape index (κ3) is 3.56. The second kappa shape index (κ2) is 6.19. The van der Waals surface area contributed by atoms with Crippen LogP contribution in [0.25, 0.3) is 0 Å². The van der Waals surface area contributed by atoms with Crippen LogP contribution >= 0.6 is 27.5 Å². The van der Waals surface area contributed by atoms with Crippen LogP contribution < -0.4 is 5.32 Å². The van der Waals surface area contributed by atoms with E-state index in [2.05, 4.69) is 26.2 Å². The van der Waals surface area contributed by atoms with Crippen LogP contribution in [0.5, 0.6) is 0 Å². The molecular formula is C13H9BrClN3O3. The number of nitrogens with zero attached hydrogens (tertiary/aromatic N) is 2. The highest BCUT2D eigenvalue weighted by Gasteiger charge is 2.19. The number of rotatable bonds is 3. The van der Waals surface area contributed by atoms with Gasteiger partial charge in [-0.1, -0.05) is 17.7 Å². The minimum atomic E-state index is -0.636. The summed E-state index contributed by atoms with van der Waals surface area (Å²) in [7, 11) is 0. The van der Waals surface area contributed by atoms with Crippen LogP contribution in [0.15, 0.2) is 34.8 Å². The van der Waals surface area contributed by atoms with E-state index in [9.17, 15) is 14.9 Å². The van der Waals surface area contributed by atoms with Crippen molar-refractivity contribution in [1.82, 2.24) is 4.98 Å². The number of hydrogen-bond acceptors (Lipinski definition) is 4. The molecule has 1 amide bonds. The van der Waals surface area contributed by atoms with E-state index in [1.807, 2.05) is 6.92 Å². The molecule has 108 valence electrons. The fraction of sp³-hybridized carbons (Fsp3) is 0.0769. The number of aromatic nitrogens is 1. The quantitative estimate of drug-likeness (QED) is 0.503. The summed E-state index contributed by atoms with van der Waals surface area (Å²) in [5.74, 6) is -0.704. The zero-order valence-electron chi connectivity index (χ0n) is 10.8. The van der Waals surface area contributed by atoms with E-state index in [-0.39, 0.29) is 16.7 Å². The molecule has 0 aliphatic rings. The van der Waals surface area contributed by atoms with E-state index >= 15 is 0 Å². The van der Waals surface area contributed by atoms with E-state index in [0.29, 0.717) is 10.0 Å². The fourth-order valence-corrected chi connectivity index (χ4v) is 2.47. The van der Waals surface area contributed by atoms with Crippen LogP contribution in [0.1, 0.15) is 15.9 Å². The van der Waals surface area contributed by atoms with Gasteiger partial charge >= 0.3 is 5.69 Å². The minimum Gasteiger partial charge on any atom is -0.301 e. The average molecular weight is 371 g/mol. The van der Waals surface area contributed by atoms with E-state index < -0.39 is 10.8 Å². The van der Waals surface area contributed by atoms with Gasteiger partial charge in [0.15, 0.2) is 0 Å². The highest BCUT2D eigenvalue weighted by atomic mass is 79.9. The number of benzene rings is 1. The zero-order chi connectivity index (χ0) is 15.6. The van der Waals surface area contributed by atoms with Crippen molar-refractivity contribution in [2.45, 2.75) is 6.92 Å². The first-order valence-corrected chi connectivity index (χ1v) is 6.94. The van der Waals surface area contributed by atoms with Crippen LogP contribution in [-0.2, 0) is 0 Å². The Morgan fingerprint density at radius 1 is 1.38 bits per heavy atom. The van der Waals surface area contributed by atoms with E-state index in [4.69, 9.17) is 11.6 Å². The molecule has 1 N–H and O–H groups in total. The Bertz CT molecular complexity index is 737. The summed E-state index contributed by atoms with van der Waals surface area (Å²) >= 11 is 8.99. The number of halogens is 2. The van der Waals surface area contributed by atoms with E-state index in [1.165, 1.54) is 12.1 Å². The number of nitrogens with one attached hydrogen (secondary N) is 1. The first-order valence-electron chi connectivity index (χ1n) is 5.77. The van der Waals surface area contributed by atoms with Crippen molar-refractivity contribution in [3.63, 3.8) is 0 Å². The SMILES string of the molecule is Cc1ccc(C(=O)Nc2nc(Cl)ccc2[N+](=O)[O-])c(Br)c1. The first-order chi connectivity index (χ1) is 9.88. The lowest BCUT2D eigenvalue weighted by Crippen LogP contribution is -2.15. The second-order valence-corrected chi connectivity index (χ2v) is 5.44. The maximum Gasteiger partial charge on any atom is 0.311 e. The Kier molecular flexibility index (Phi) is 4.54. The molecule has 2 aromatic rings. The largest absolute Gasteiger partial charge is 0.311 e. The molecule has 0 radical (unpaired) electrons. The molecule has 2 rings (SSSR count). The average Bonchev–Trinajstić information content (AvgIpc) is 2.37. The van der Waals surface area contributed by atoms with Crippen LogP contribution in [0.4, 0.5) is 11.5 Å². The summed E-state index contributed by atoms with van der Waals surface area (Å²) in [4.78, 5) is 26.3. The van der Waals surface area contributed by atoms with Gasteiger partial charge in [-0.25, -0.2) is 4.98 Å². The molecule has 0 aliphatic carbocycles. The highest BCUT2D eigenvalue weighted by molar-refractivity contribution is 9.10. The number of carbonyl (C=O) groups excluding carboxylic acids is 1. The maximum atomic E-state index is 12.2. The monoisotopic (exact) mass is 369 g/mol. The summed E-state index contributed by atoms with van der Waals surface area (Å²) in [6.07, 6.45) is 0. The molecule has 0 aliphatic heterocycles. The number of pyridine rings is 1. The molecular weight excluding hydrogens is 362 g/mol. The van der Waals surface area contributed by atoms with Gasteiger partial charge in [0, 0.05) is 10.5 Å². The number of aryl methyl sites for hydroxylation is 1. The molecule has 0 spiro atoms. The van der Waals surface area contributed by atoms with E-state index in [1.54, 1.807) is 18.2 Å². The lowest BCUT2D eigenvalue weighted by molar-refractivity contribution is -0.384. The Morgan fingerprint density at radius 3 is 2.71 bits per heavy atom. The van der Waals surface area contributed by atoms with Crippen molar-refractivity contribution in [3.8, 4) is 0 Å². The van der Waals surface area contributed by atoms with Gasteiger partial charge in [-0.05, 0) is 46.6 Å². The molecule has 0 bridgehead atoms. The molecule has 8 heteroatoms. The van der Waals surface area contributed by atoms with Crippen molar-refractivity contribution in [1.29, 1.82) is 0 Å². The van der Waals surface area contributed by atoms with Gasteiger partial charge in [0.25, 0.3) is 5.91 Å². The van der Waals surface area contributed by atoms with Gasteiger partial charge < -0.3 is 5.32 Å². The van der Waals surface area contributed by atoms with Gasteiger partial charge in [-0.3, -0.25) is 14.9 Å². The Balaban J connectivity index is 2.35. The molecule has 0 saturated carbocycles. The first kappa shape index (κ1) is 15.4. The van der Waals surface area contributed by atoms with Gasteiger partial charge in [-0.2, -0.15) is 0 Å². The summed E-state index contributed by atoms with van der Waals surface area (Å²) < 4.78 is 0.588. The minimum absolute atomic E-state index is 0.0545. The van der Waals surface area contributed by atoms with Gasteiger partial charge in [0.2, 0.25) is 5.82 Å². The number of anilines is 1. The van der Waals surface area contributed by atoms with Gasteiger partial charge in [0.05, 0.1) is 10.5 Å². The summed E-state index contributed by atoms with van der Waals surface area (Å²) in [5, 5.41) is 13.4. The van der Waals surface area contributed by atoms with Crippen molar-refractivity contribution >= 4 is 44.9 Å². The van der Waals surface area contributed by atoms with Crippen LogP contribution in [-0.4, -0.2) is 15.8 Å². The third-order valence-corrected chi connectivity index (χ3v) is 3.50. The molecule has 21 heavy (non-hydrogen) atoms. The maximum absolute atomic E-state index is 12.2. The molecule has 1 aromatic carbocycles. The molecule has 0 fully saturated rings. The van der Waals surface area contributed by atoms with Crippen LogP contribution in [0, 0.1) is 17.0 Å². The predicted octanol–water partition coefficient (Wildman–Crippen LogP) is 3.97. The Labute approximate surface area is 133 Å². The normalized spacial score (nSPS) is 10.2. The van der Waals surface area contributed by atoms with Gasteiger partial charge in [-0.15, -0.1) is 0 Å². The Morgan fingerprint density at radius 2 is 2.10 bits per heavy atom. The molecule has 0 unspecified atom stereocenters. The summed E-state index contributed by atoms with van der Waals surface area (Å²) in [6, 6.07) is 7.63. The summed E-state index contributed by atoms with van der Waals surface area (Å²) in [6.45, 7) is 1.88. The van der Waals surface area contributed by atoms with Crippen LogP contribution in [0.3, 0.4) is 0 Å². The van der Waals surface area contributed by atoms with E-state index in [0.717, 1.165) is 5.56 Å². The molecule has 1 aromatic heterocycles. The van der Waals surface area contributed by atoms with Crippen molar-refractivity contribution in [2.75, 3.05) is 5.32 Å². The fourth-order valence-electron chi connectivity index (χ4n) is 1.65. The van der Waals surface area contributed by atoms with Gasteiger partial charge in [0.1, 0.15) is 5.15 Å². The van der Waals surface area contributed by atoms with Crippen LogP contribution in [0.2, 0.25) is 5.15 Å². The number of nitro groups is 1. The standard InChI is InChI=1S/C13H9BrClN3O3/c1-7-2-3-8(9(14)6-7)13(19)17-12-10(18(20)21)4-5-11(15)16-12/h2-6H,1H3,(H,16,17,19).